The smallest absolute Gasteiger partial charge is 0.258 e. The van der Waals surface area contributed by atoms with E-state index in [1.807, 2.05) is 4.90 Å². The van der Waals surface area contributed by atoms with Gasteiger partial charge in [0, 0.05) is 24.8 Å². The van der Waals surface area contributed by atoms with E-state index in [4.69, 9.17) is 4.74 Å². The Morgan fingerprint density at radius 2 is 1.95 bits per heavy atom. The molecule has 0 N–H and O–H groups in total. The molecule has 2 heterocycles. The predicted octanol–water partition coefficient (Wildman–Crippen LogP) is 1.83. The van der Waals surface area contributed by atoms with E-state index in [0.29, 0.717) is 49.2 Å². The van der Waals surface area contributed by atoms with Gasteiger partial charge in [-0.3, -0.25) is 9.36 Å². The molecule has 1 aromatic heterocycles. The third-order valence-corrected chi connectivity index (χ3v) is 3.75. The normalized spacial score (nSPS) is 15.1. The third kappa shape index (κ3) is 2.62. The van der Waals surface area contributed by atoms with Crippen molar-refractivity contribution in [3.05, 3.63) is 52.0 Å². The topological polar surface area (TPSA) is 47.4 Å². The number of benzene rings is 1. The van der Waals surface area contributed by atoms with Gasteiger partial charge in [-0.25, -0.2) is 9.37 Å². The molecule has 1 aliphatic heterocycles. The van der Waals surface area contributed by atoms with Gasteiger partial charge < -0.3 is 9.64 Å². The Morgan fingerprint density at radius 1 is 1.23 bits per heavy atom. The molecule has 0 bridgehead atoms. The maximum atomic E-state index is 14.4. The summed E-state index contributed by atoms with van der Waals surface area (Å²) in [5.74, 6) is 0.205. The summed E-state index contributed by atoms with van der Waals surface area (Å²) >= 11 is 0. The van der Waals surface area contributed by atoms with Crippen LogP contribution in [-0.2, 0) is 4.74 Å². The van der Waals surface area contributed by atoms with Gasteiger partial charge in [-0.05, 0) is 26.0 Å². The average molecular weight is 303 g/mol. The summed E-state index contributed by atoms with van der Waals surface area (Å²) in [4.78, 5) is 18.6. The molecule has 116 valence electrons. The van der Waals surface area contributed by atoms with E-state index in [2.05, 4.69) is 4.98 Å². The van der Waals surface area contributed by atoms with Crippen molar-refractivity contribution in [3.8, 4) is 5.69 Å². The van der Waals surface area contributed by atoms with Gasteiger partial charge >= 0.3 is 0 Å². The van der Waals surface area contributed by atoms with Gasteiger partial charge in [0.05, 0.1) is 24.6 Å². The number of para-hydroxylation sites is 1. The van der Waals surface area contributed by atoms with E-state index in [-0.39, 0.29) is 11.4 Å². The van der Waals surface area contributed by atoms with Crippen LogP contribution in [0, 0.1) is 19.7 Å². The van der Waals surface area contributed by atoms with Gasteiger partial charge in [-0.15, -0.1) is 0 Å². The lowest BCUT2D eigenvalue weighted by atomic mass is 10.2. The fraction of sp³-hybridized carbons (Fsp3) is 0.375. The van der Waals surface area contributed by atoms with E-state index in [1.165, 1.54) is 16.7 Å². The lowest BCUT2D eigenvalue weighted by Gasteiger charge is -2.31. The van der Waals surface area contributed by atoms with Crippen LogP contribution in [0.3, 0.4) is 0 Å². The second-order valence-electron chi connectivity index (χ2n) is 5.33. The highest BCUT2D eigenvalue weighted by atomic mass is 19.1. The van der Waals surface area contributed by atoms with Crippen LogP contribution in [0.5, 0.6) is 0 Å². The zero-order valence-corrected chi connectivity index (χ0v) is 12.7. The minimum absolute atomic E-state index is 0.204. The summed E-state index contributed by atoms with van der Waals surface area (Å²) < 4.78 is 21.2. The molecular weight excluding hydrogens is 285 g/mol. The molecule has 0 saturated carbocycles. The number of rotatable bonds is 2. The quantitative estimate of drug-likeness (QED) is 0.849. The van der Waals surface area contributed by atoms with Crippen molar-refractivity contribution < 1.29 is 9.13 Å². The van der Waals surface area contributed by atoms with E-state index in [0.717, 1.165) is 0 Å². The van der Waals surface area contributed by atoms with Gasteiger partial charge in [0.1, 0.15) is 11.6 Å². The van der Waals surface area contributed by atoms with Crippen molar-refractivity contribution in [1.82, 2.24) is 9.55 Å². The molecule has 2 aromatic rings. The van der Waals surface area contributed by atoms with Crippen molar-refractivity contribution in [2.45, 2.75) is 13.8 Å². The summed E-state index contributed by atoms with van der Waals surface area (Å²) in [6.07, 6.45) is 0. The molecule has 0 aliphatic carbocycles. The Hall–Kier alpha value is -2.21. The number of aryl methyl sites for hydroxylation is 2. The highest BCUT2D eigenvalue weighted by molar-refractivity contribution is 5.64. The van der Waals surface area contributed by atoms with Crippen LogP contribution < -0.4 is 10.5 Å². The van der Waals surface area contributed by atoms with Gasteiger partial charge in [-0.2, -0.15) is 0 Å². The van der Waals surface area contributed by atoms with Crippen LogP contribution in [0.4, 0.5) is 10.1 Å². The molecule has 5 nitrogen and oxygen atoms in total. The lowest BCUT2D eigenvalue weighted by Crippen LogP contribution is -2.38. The molecule has 6 heteroatoms. The predicted molar refractivity (Wildman–Crippen MR) is 82.3 cm³/mol. The maximum Gasteiger partial charge on any atom is 0.258 e. The largest absolute Gasteiger partial charge is 0.378 e. The van der Waals surface area contributed by atoms with Crippen molar-refractivity contribution in [3.63, 3.8) is 0 Å². The van der Waals surface area contributed by atoms with E-state index < -0.39 is 0 Å². The monoisotopic (exact) mass is 303 g/mol. The van der Waals surface area contributed by atoms with Crippen molar-refractivity contribution >= 4 is 5.69 Å². The lowest BCUT2D eigenvalue weighted by molar-refractivity contribution is 0.122. The van der Waals surface area contributed by atoms with E-state index in [1.54, 1.807) is 26.0 Å². The van der Waals surface area contributed by atoms with Crippen LogP contribution in [-0.4, -0.2) is 35.9 Å². The Morgan fingerprint density at radius 3 is 2.64 bits per heavy atom. The Kier molecular flexibility index (Phi) is 3.94. The molecule has 0 unspecified atom stereocenters. The number of aromatic nitrogens is 2. The van der Waals surface area contributed by atoms with Crippen molar-refractivity contribution in [2.24, 2.45) is 0 Å². The summed E-state index contributed by atoms with van der Waals surface area (Å²) in [5, 5.41) is 0. The Bertz CT molecular complexity index is 752. The van der Waals surface area contributed by atoms with Crippen molar-refractivity contribution in [2.75, 3.05) is 31.2 Å². The Balaban J connectivity index is 2.20. The average Bonchev–Trinajstić information content (AvgIpc) is 2.47. The van der Waals surface area contributed by atoms with E-state index in [9.17, 15) is 9.18 Å². The van der Waals surface area contributed by atoms with Crippen LogP contribution in [0.15, 0.2) is 29.1 Å². The maximum absolute atomic E-state index is 14.4. The Labute approximate surface area is 128 Å². The standard InChI is InChI=1S/C16H18FN3O2/c1-11-10-15(21)20(12(2)18-11)14-5-3-4-13(17)16(14)19-6-8-22-9-7-19/h3-5,10H,6-9H2,1-2H3. The number of morpholine rings is 1. The van der Waals surface area contributed by atoms with Crippen LogP contribution >= 0.6 is 0 Å². The number of anilines is 1. The molecule has 0 atom stereocenters. The first-order valence-corrected chi connectivity index (χ1v) is 7.27. The molecule has 1 fully saturated rings. The van der Waals surface area contributed by atoms with Gasteiger partial charge in [0.2, 0.25) is 0 Å². The molecule has 3 rings (SSSR count). The molecule has 1 aliphatic rings. The van der Waals surface area contributed by atoms with Gasteiger partial charge in [0.15, 0.2) is 0 Å². The first-order chi connectivity index (χ1) is 10.6. The molecule has 0 amide bonds. The molecule has 0 spiro atoms. The number of hydrogen-bond acceptors (Lipinski definition) is 4. The first kappa shape index (κ1) is 14.7. The highest BCUT2D eigenvalue weighted by Gasteiger charge is 2.21. The highest BCUT2D eigenvalue weighted by Crippen LogP contribution is 2.28. The molecular formula is C16H18FN3O2. The van der Waals surface area contributed by atoms with Gasteiger partial charge in [-0.1, -0.05) is 6.07 Å². The van der Waals surface area contributed by atoms with Crippen LogP contribution in [0.2, 0.25) is 0 Å². The van der Waals surface area contributed by atoms with Crippen LogP contribution in [0.25, 0.3) is 5.69 Å². The number of ether oxygens (including phenoxy) is 1. The number of halogens is 1. The SMILES string of the molecule is Cc1cc(=O)n(-c2cccc(F)c2N2CCOCC2)c(C)n1. The van der Waals surface area contributed by atoms with Crippen LogP contribution in [0.1, 0.15) is 11.5 Å². The fourth-order valence-corrected chi connectivity index (χ4v) is 2.82. The molecule has 1 aromatic carbocycles. The zero-order valence-electron chi connectivity index (χ0n) is 12.7. The second-order valence-corrected chi connectivity index (χ2v) is 5.33. The first-order valence-electron chi connectivity index (χ1n) is 7.27. The summed E-state index contributed by atoms with van der Waals surface area (Å²) in [6, 6.07) is 6.23. The summed E-state index contributed by atoms with van der Waals surface area (Å²) in [5.41, 5.74) is 1.41. The number of hydrogen-bond donors (Lipinski definition) is 0. The minimum Gasteiger partial charge on any atom is -0.378 e. The van der Waals surface area contributed by atoms with Crippen molar-refractivity contribution in [1.29, 1.82) is 0 Å². The van der Waals surface area contributed by atoms with Gasteiger partial charge in [0.25, 0.3) is 5.56 Å². The molecule has 22 heavy (non-hydrogen) atoms. The van der Waals surface area contributed by atoms with E-state index >= 15 is 0 Å². The molecule has 1 saturated heterocycles. The zero-order chi connectivity index (χ0) is 15.7. The fourth-order valence-electron chi connectivity index (χ4n) is 2.82. The second kappa shape index (κ2) is 5.88. The minimum atomic E-state index is -0.341. The molecule has 0 radical (unpaired) electrons. The number of nitrogens with zero attached hydrogens (tertiary/aromatic N) is 3. The summed E-state index contributed by atoms with van der Waals surface area (Å²) in [7, 11) is 0. The summed E-state index contributed by atoms with van der Waals surface area (Å²) in [6.45, 7) is 5.82. The third-order valence-electron chi connectivity index (χ3n) is 3.75.